The van der Waals surface area contributed by atoms with E-state index in [1.54, 1.807) is 0 Å². The molecule has 0 unspecified atom stereocenters. The fourth-order valence-corrected chi connectivity index (χ4v) is 10.0. The number of nitrogens with zero attached hydrogens (tertiary/aromatic N) is 4. The molecule has 0 fully saturated rings. The topological polar surface area (TPSA) is 19.7 Å². The molecule has 0 aliphatic heterocycles. The van der Waals surface area contributed by atoms with Crippen LogP contribution in [0.2, 0.25) is 0 Å². The predicted molar refractivity (Wildman–Crippen MR) is 244 cm³/mol. The molecular formula is C54H34N4. The average Bonchev–Trinajstić information content (AvgIpc) is 4.02. The third-order valence-electron chi connectivity index (χ3n) is 12.3. The van der Waals surface area contributed by atoms with Gasteiger partial charge in [-0.1, -0.05) is 121 Å². The van der Waals surface area contributed by atoms with Gasteiger partial charge >= 0.3 is 0 Å². The molecule has 0 bridgehead atoms. The number of para-hydroxylation sites is 6. The van der Waals surface area contributed by atoms with Crippen molar-refractivity contribution in [1.29, 1.82) is 0 Å². The minimum atomic E-state index is 1.14. The minimum absolute atomic E-state index is 1.14. The van der Waals surface area contributed by atoms with Crippen LogP contribution >= 0.6 is 0 Å². The van der Waals surface area contributed by atoms with Crippen LogP contribution in [0.4, 0.5) is 0 Å². The molecule has 4 aromatic heterocycles. The van der Waals surface area contributed by atoms with E-state index in [-0.39, 0.29) is 0 Å². The van der Waals surface area contributed by atoms with E-state index in [4.69, 9.17) is 0 Å². The Morgan fingerprint density at radius 3 is 1.07 bits per heavy atom. The van der Waals surface area contributed by atoms with Crippen molar-refractivity contribution in [1.82, 2.24) is 18.3 Å². The summed E-state index contributed by atoms with van der Waals surface area (Å²) in [6.07, 6.45) is 0. The quantitative estimate of drug-likeness (QED) is 0.171. The molecule has 0 saturated carbocycles. The fourth-order valence-electron chi connectivity index (χ4n) is 10.0. The monoisotopic (exact) mass is 738 g/mol. The van der Waals surface area contributed by atoms with E-state index in [1.807, 2.05) is 0 Å². The molecule has 0 radical (unpaired) electrons. The van der Waals surface area contributed by atoms with Crippen molar-refractivity contribution in [3.63, 3.8) is 0 Å². The van der Waals surface area contributed by atoms with Crippen molar-refractivity contribution in [3.8, 4) is 22.7 Å². The van der Waals surface area contributed by atoms with Gasteiger partial charge in [-0.3, -0.25) is 0 Å². The van der Waals surface area contributed by atoms with Crippen LogP contribution in [-0.4, -0.2) is 18.3 Å². The van der Waals surface area contributed by atoms with Gasteiger partial charge in [0, 0.05) is 54.5 Å². The second-order valence-corrected chi connectivity index (χ2v) is 15.3. The smallest absolute Gasteiger partial charge is 0.0562 e. The van der Waals surface area contributed by atoms with Crippen LogP contribution in [0, 0.1) is 0 Å². The largest absolute Gasteiger partial charge is 0.309 e. The first-order valence-electron chi connectivity index (χ1n) is 20.0. The van der Waals surface area contributed by atoms with Crippen LogP contribution in [0.1, 0.15) is 0 Å². The van der Waals surface area contributed by atoms with Crippen molar-refractivity contribution < 1.29 is 0 Å². The van der Waals surface area contributed by atoms with E-state index < -0.39 is 0 Å². The first-order chi connectivity index (χ1) is 28.8. The zero-order valence-corrected chi connectivity index (χ0v) is 31.4. The van der Waals surface area contributed by atoms with Gasteiger partial charge in [0.2, 0.25) is 0 Å². The Bertz CT molecular complexity index is 3740. The molecule has 4 heterocycles. The molecule has 4 heteroatoms. The summed E-state index contributed by atoms with van der Waals surface area (Å²) < 4.78 is 9.79. The highest BCUT2D eigenvalue weighted by Gasteiger charge is 2.22. The summed E-state index contributed by atoms with van der Waals surface area (Å²) >= 11 is 0. The summed E-state index contributed by atoms with van der Waals surface area (Å²) in [6.45, 7) is 0. The van der Waals surface area contributed by atoms with Gasteiger partial charge in [-0.2, -0.15) is 0 Å². The Morgan fingerprint density at radius 1 is 0.207 bits per heavy atom. The fraction of sp³-hybridized carbons (Fsp3) is 0. The van der Waals surface area contributed by atoms with E-state index in [1.165, 1.54) is 98.6 Å². The van der Waals surface area contributed by atoms with Crippen LogP contribution in [0.25, 0.3) is 110 Å². The number of rotatable bonds is 4. The maximum Gasteiger partial charge on any atom is 0.0562 e. The molecule has 13 rings (SSSR count). The lowest BCUT2D eigenvalue weighted by atomic mass is 10.1. The first-order valence-corrected chi connectivity index (χ1v) is 20.0. The van der Waals surface area contributed by atoms with Gasteiger partial charge in [0.15, 0.2) is 0 Å². The second-order valence-electron chi connectivity index (χ2n) is 15.3. The Balaban J connectivity index is 1.08. The van der Waals surface area contributed by atoms with E-state index >= 15 is 0 Å². The molecule has 0 aliphatic carbocycles. The minimum Gasteiger partial charge on any atom is -0.309 e. The molecule has 0 amide bonds. The van der Waals surface area contributed by atoms with Crippen LogP contribution in [-0.2, 0) is 0 Å². The molecule has 9 aromatic carbocycles. The summed E-state index contributed by atoms with van der Waals surface area (Å²) in [6, 6.07) is 75.4. The summed E-state index contributed by atoms with van der Waals surface area (Å²) in [5.41, 5.74) is 14.2. The molecule has 0 spiro atoms. The summed E-state index contributed by atoms with van der Waals surface area (Å²) in [5, 5.41) is 9.95. The summed E-state index contributed by atoms with van der Waals surface area (Å²) in [4.78, 5) is 0. The lowest BCUT2D eigenvalue weighted by Gasteiger charge is -2.13. The highest BCUT2D eigenvalue weighted by Crippen LogP contribution is 2.43. The Labute approximate surface area is 333 Å². The van der Waals surface area contributed by atoms with Crippen LogP contribution < -0.4 is 0 Å². The standard InChI is InChI=1S/C54H34N4/c1-2-16-35(17-3-1)55-46-26-12-7-21-40(46)53-49(55)28-14-31-52(53)58-45-25-11-6-20-39(45)42-34-36(32-33-48(42)58)56-47-27-13-8-22-41(47)54-50(56)29-15-30-51(54)57-43-23-9-4-18-37(43)38-19-5-10-24-44(38)57/h1-34H. The van der Waals surface area contributed by atoms with E-state index in [0.29, 0.717) is 0 Å². The van der Waals surface area contributed by atoms with Gasteiger partial charge in [0.05, 0.1) is 55.5 Å². The molecule has 58 heavy (non-hydrogen) atoms. The second kappa shape index (κ2) is 11.8. The summed E-state index contributed by atoms with van der Waals surface area (Å²) in [5.74, 6) is 0. The van der Waals surface area contributed by atoms with Gasteiger partial charge in [0.1, 0.15) is 0 Å². The molecule has 270 valence electrons. The molecule has 0 N–H and O–H groups in total. The Hall–Kier alpha value is -7.82. The number of aromatic nitrogens is 4. The summed E-state index contributed by atoms with van der Waals surface area (Å²) in [7, 11) is 0. The molecule has 0 saturated heterocycles. The highest BCUT2D eigenvalue weighted by molar-refractivity contribution is 6.19. The van der Waals surface area contributed by atoms with Crippen LogP contribution in [0.15, 0.2) is 206 Å². The number of benzene rings is 9. The normalized spacial score (nSPS) is 12.1. The third kappa shape index (κ3) is 4.18. The van der Waals surface area contributed by atoms with Crippen molar-refractivity contribution in [3.05, 3.63) is 206 Å². The maximum absolute atomic E-state index is 2.48. The number of hydrogen-bond donors (Lipinski definition) is 0. The predicted octanol–water partition coefficient (Wildman–Crippen LogP) is 14.1. The number of fused-ring (bicyclic) bond motifs is 12. The molecule has 4 nitrogen and oxygen atoms in total. The highest BCUT2D eigenvalue weighted by atomic mass is 15.0. The van der Waals surface area contributed by atoms with Gasteiger partial charge in [-0.05, 0) is 84.9 Å². The third-order valence-corrected chi connectivity index (χ3v) is 12.3. The van der Waals surface area contributed by atoms with E-state index in [2.05, 4.69) is 225 Å². The van der Waals surface area contributed by atoms with Crippen molar-refractivity contribution in [2.45, 2.75) is 0 Å². The molecule has 0 aliphatic rings. The molecular weight excluding hydrogens is 705 g/mol. The zero-order valence-electron chi connectivity index (χ0n) is 31.4. The lowest BCUT2D eigenvalue weighted by Crippen LogP contribution is -1.98. The van der Waals surface area contributed by atoms with Crippen molar-refractivity contribution in [2.24, 2.45) is 0 Å². The van der Waals surface area contributed by atoms with Crippen LogP contribution in [0.5, 0.6) is 0 Å². The van der Waals surface area contributed by atoms with Gasteiger partial charge in [-0.25, -0.2) is 0 Å². The Morgan fingerprint density at radius 2 is 0.569 bits per heavy atom. The first kappa shape index (κ1) is 31.4. The number of hydrogen-bond acceptors (Lipinski definition) is 0. The van der Waals surface area contributed by atoms with Crippen molar-refractivity contribution >= 4 is 87.2 Å². The lowest BCUT2D eigenvalue weighted by molar-refractivity contribution is 1.16. The molecule has 13 aromatic rings. The van der Waals surface area contributed by atoms with Gasteiger partial charge in [-0.15, -0.1) is 0 Å². The van der Waals surface area contributed by atoms with Gasteiger partial charge in [0.25, 0.3) is 0 Å². The maximum atomic E-state index is 2.48. The van der Waals surface area contributed by atoms with E-state index in [0.717, 1.165) is 11.4 Å². The zero-order chi connectivity index (χ0) is 37.9. The average molecular weight is 739 g/mol. The van der Waals surface area contributed by atoms with Crippen LogP contribution in [0.3, 0.4) is 0 Å². The van der Waals surface area contributed by atoms with Gasteiger partial charge < -0.3 is 18.3 Å². The Kier molecular flexibility index (Phi) is 6.41. The van der Waals surface area contributed by atoms with E-state index in [9.17, 15) is 0 Å². The SMILES string of the molecule is c1ccc(-n2c3ccccc3c3c(-n4c5ccccc5c5cc(-n6c7ccccc7c7c(-n8c9ccccc9c9ccccc98)cccc76)ccc54)cccc32)cc1. The molecule has 0 atom stereocenters. The van der Waals surface area contributed by atoms with Crippen molar-refractivity contribution in [2.75, 3.05) is 0 Å².